The Balaban J connectivity index is 0.852. The van der Waals surface area contributed by atoms with E-state index < -0.39 is 0 Å². The van der Waals surface area contributed by atoms with Gasteiger partial charge in [-0.15, -0.1) is 10.2 Å². The van der Waals surface area contributed by atoms with Gasteiger partial charge >= 0.3 is 0 Å². The Hall–Kier alpha value is -5.95. The van der Waals surface area contributed by atoms with Gasteiger partial charge in [0.05, 0.1) is 40.1 Å². The summed E-state index contributed by atoms with van der Waals surface area (Å²) in [4.78, 5) is 53.0. The van der Waals surface area contributed by atoms with E-state index in [1.807, 2.05) is 42.3 Å². The molecular formula is C36H36N12O3S. The van der Waals surface area contributed by atoms with Crippen molar-refractivity contribution >= 4 is 51.2 Å². The normalized spacial score (nSPS) is 18.4. The van der Waals surface area contributed by atoms with E-state index in [0.717, 1.165) is 75.6 Å². The highest BCUT2D eigenvalue weighted by Crippen LogP contribution is 2.36. The third-order valence-corrected chi connectivity index (χ3v) is 11.2. The summed E-state index contributed by atoms with van der Waals surface area (Å²) in [5.41, 5.74) is 5.38. The molecule has 5 aromatic rings. The number of nitriles is 1. The van der Waals surface area contributed by atoms with Gasteiger partial charge in [-0.25, -0.2) is 9.50 Å². The zero-order chi connectivity index (χ0) is 35.8. The monoisotopic (exact) mass is 716 g/mol. The lowest BCUT2D eigenvalue weighted by Crippen LogP contribution is -2.51. The maximum absolute atomic E-state index is 13.5. The number of carbonyl (C=O) groups excluding carboxylic acids is 3. The number of anilines is 3. The molecule has 0 saturated carbocycles. The van der Waals surface area contributed by atoms with Crippen molar-refractivity contribution in [3.8, 4) is 28.0 Å². The number of rotatable bonds is 7. The van der Waals surface area contributed by atoms with Crippen molar-refractivity contribution in [2.24, 2.45) is 5.92 Å². The molecule has 0 aliphatic carbocycles. The SMILES string of the molecule is CNc1cc(-c2ccc3cc(C#N)cnn23)ncc1-c1nnc(N2CCN(C(=O)C3CCN(c4ccc(C5CCC(=O)NC5=O)cn4)CC3)CC2)s1. The van der Waals surface area contributed by atoms with Crippen LogP contribution in [0, 0.1) is 17.2 Å². The van der Waals surface area contributed by atoms with Gasteiger partial charge in [0.1, 0.15) is 11.9 Å². The van der Waals surface area contributed by atoms with E-state index in [0.29, 0.717) is 44.6 Å². The summed E-state index contributed by atoms with van der Waals surface area (Å²) in [5.74, 6) is 0.181. The largest absolute Gasteiger partial charge is 0.387 e. The number of amides is 3. The highest BCUT2D eigenvalue weighted by molar-refractivity contribution is 7.18. The Morgan fingerprint density at radius 3 is 2.50 bits per heavy atom. The number of carbonyl (C=O) groups is 3. The molecule has 8 heterocycles. The van der Waals surface area contributed by atoms with E-state index in [9.17, 15) is 19.6 Å². The molecule has 1 atom stereocenters. The van der Waals surface area contributed by atoms with Gasteiger partial charge in [-0.1, -0.05) is 17.4 Å². The van der Waals surface area contributed by atoms with E-state index in [1.54, 1.807) is 29.2 Å². The summed E-state index contributed by atoms with van der Waals surface area (Å²) in [6.45, 7) is 4.10. The second-order valence-corrected chi connectivity index (χ2v) is 14.1. The van der Waals surface area contributed by atoms with Gasteiger partial charge in [0.15, 0.2) is 5.01 Å². The second kappa shape index (κ2) is 14.0. The minimum Gasteiger partial charge on any atom is -0.387 e. The third-order valence-electron chi connectivity index (χ3n) is 10.2. The van der Waals surface area contributed by atoms with Crippen molar-refractivity contribution in [1.29, 1.82) is 5.26 Å². The molecule has 0 bridgehead atoms. The number of nitrogens with one attached hydrogen (secondary N) is 2. The Bertz CT molecular complexity index is 2190. The summed E-state index contributed by atoms with van der Waals surface area (Å²) < 4.78 is 1.77. The molecule has 3 aliphatic heterocycles. The first kappa shape index (κ1) is 33.2. The average Bonchev–Trinajstić information content (AvgIpc) is 3.86. The predicted octanol–water partition coefficient (Wildman–Crippen LogP) is 3.31. The van der Waals surface area contributed by atoms with Crippen molar-refractivity contribution in [1.82, 2.24) is 40.0 Å². The van der Waals surface area contributed by atoms with Crippen molar-refractivity contribution in [2.45, 2.75) is 31.6 Å². The van der Waals surface area contributed by atoms with E-state index in [-0.39, 0.29) is 29.6 Å². The van der Waals surface area contributed by atoms with Gasteiger partial charge in [-0.2, -0.15) is 10.4 Å². The first-order valence-electron chi connectivity index (χ1n) is 17.4. The van der Waals surface area contributed by atoms with Gasteiger partial charge in [-0.3, -0.25) is 24.7 Å². The average molecular weight is 717 g/mol. The zero-order valence-corrected chi connectivity index (χ0v) is 29.3. The number of nitrogens with zero attached hydrogens (tertiary/aromatic N) is 10. The molecule has 3 saturated heterocycles. The second-order valence-electron chi connectivity index (χ2n) is 13.2. The van der Waals surface area contributed by atoms with Crippen molar-refractivity contribution in [3.63, 3.8) is 0 Å². The highest BCUT2D eigenvalue weighted by atomic mass is 32.1. The Morgan fingerprint density at radius 1 is 0.942 bits per heavy atom. The number of imide groups is 1. The topological polar surface area (TPSA) is 178 Å². The molecule has 8 rings (SSSR count). The smallest absolute Gasteiger partial charge is 0.234 e. The fourth-order valence-corrected chi connectivity index (χ4v) is 8.13. The van der Waals surface area contributed by atoms with Gasteiger partial charge in [0.2, 0.25) is 22.9 Å². The van der Waals surface area contributed by atoms with E-state index in [1.165, 1.54) is 11.3 Å². The zero-order valence-electron chi connectivity index (χ0n) is 28.5. The van der Waals surface area contributed by atoms with Crippen LogP contribution in [0.2, 0.25) is 0 Å². The third kappa shape index (κ3) is 6.39. The summed E-state index contributed by atoms with van der Waals surface area (Å²) in [6, 6.07) is 13.6. The molecule has 16 heteroatoms. The lowest BCUT2D eigenvalue weighted by Gasteiger charge is -2.38. The summed E-state index contributed by atoms with van der Waals surface area (Å²) in [7, 11) is 1.86. The summed E-state index contributed by atoms with van der Waals surface area (Å²) in [5, 5.41) is 29.9. The van der Waals surface area contributed by atoms with Gasteiger partial charge in [0, 0.05) is 76.7 Å². The Morgan fingerprint density at radius 2 is 1.77 bits per heavy atom. The molecule has 0 radical (unpaired) electrons. The molecule has 3 aliphatic rings. The van der Waals surface area contributed by atoms with Crippen molar-refractivity contribution < 1.29 is 14.4 Å². The van der Waals surface area contributed by atoms with Crippen molar-refractivity contribution in [2.75, 3.05) is 61.4 Å². The Kier molecular flexibility index (Phi) is 8.93. The van der Waals surface area contributed by atoms with Crippen LogP contribution in [0.15, 0.2) is 55.0 Å². The molecule has 1 unspecified atom stereocenters. The quantitative estimate of drug-likeness (QED) is 0.235. The van der Waals surface area contributed by atoms with Crippen LogP contribution in [0.1, 0.15) is 42.7 Å². The van der Waals surface area contributed by atoms with Crippen LogP contribution in [0.3, 0.4) is 0 Å². The standard InChI is InChI=1S/C36H36N12O3S/c1-38-28-17-29(30-5-3-25-16-22(18-37)19-41-48(25)30)39-21-27(28)34-43-44-36(52-34)47-14-12-46(13-15-47)35(51)23-8-10-45(11-9-23)31-6-2-24(20-40-31)26-4-7-32(49)42-33(26)50/h2-3,5-6,16-17,19-21,23,26H,4,7-15H2,1H3,(H,38,39)(H,42,49,50). The first-order valence-corrected chi connectivity index (χ1v) is 18.2. The fourth-order valence-electron chi connectivity index (χ4n) is 7.21. The van der Waals surface area contributed by atoms with Crippen LogP contribution in [0.5, 0.6) is 0 Å². The maximum atomic E-state index is 13.5. The first-order chi connectivity index (χ1) is 25.4. The molecule has 0 aromatic carbocycles. The van der Waals surface area contributed by atoms with Crippen molar-refractivity contribution in [3.05, 3.63) is 66.1 Å². The van der Waals surface area contributed by atoms with Crippen LogP contribution < -0.4 is 20.4 Å². The molecule has 15 nitrogen and oxygen atoms in total. The number of hydrogen-bond donors (Lipinski definition) is 2. The molecular weight excluding hydrogens is 681 g/mol. The van der Waals surface area contributed by atoms with Crippen LogP contribution in [0.25, 0.3) is 27.5 Å². The van der Waals surface area contributed by atoms with E-state index >= 15 is 0 Å². The van der Waals surface area contributed by atoms with Crippen LogP contribution in [-0.4, -0.2) is 98.7 Å². The van der Waals surface area contributed by atoms with Gasteiger partial charge in [-0.05, 0) is 55.2 Å². The van der Waals surface area contributed by atoms with E-state index in [2.05, 4.69) is 46.8 Å². The number of piperidine rings is 2. The maximum Gasteiger partial charge on any atom is 0.234 e. The van der Waals surface area contributed by atoms with E-state index in [4.69, 9.17) is 4.98 Å². The minimum atomic E-state index is -0.351. The predicted molar refractivity (Wildman–Crippen MR) is 195 cm³/mol. The fraction of sp³-hybridized carbons (Fsp3) is 0.361. The van der Waals surface area contributed by atoms with Gasteiger partial charge in [0.25, 0.3) is 0 Å². The summed E-state index contributed by atoms with van der Waals surface area (Å²) >= 11 is 1.50. The molecule has 2 N–H and O–H groups in total. The number of hydrogen-bond acceptors (Lipinski definition) is 13. The van der Waals surface area contributed by atoms with Crippen LogP contribution in [0.4, 0.5) is 16.6 Å². The number of piperazine rings is 1. The minimum absolute atomic E-state index is 0.0234. The summed E-state index contributed by atoms with van der Waals surface area (Å²) in [6.07, 6.45) is 7.42. The molecule has 3 amide bonds. The number of fused-ring (bicyclic) bond motifs is 1. The lowest BCUT2D eigenvalue weighted by atomic mass is 9.91. The molecule has 0 spiro atoms. The van der Waals surface area contributed by atoms with Crippen LogP contribution >= 0.6 is 11.3 Å². The van der Waals surface area contributed by atoms with Crippen LogP contribution in [-0.2, 0) is 14.4 Å². The highest BCUT2D eigenvalue weighted by Gasteiger charge is 2.32. The Labute approximate surface area is 303 Å². The lowest BCUT2D eigenvalue weighted by molar-refractivity contribution is -0.136. The molecule has 3 fully saturated rings. The number of aromatic nitrogens is 6. The molecule has 5 aromatic heterocycles. The number of pyridine rings is 2. The molecule has 52 heavy (non-hydrogen) atoms. The molecule has 264 valence electrons. The van der Waals surface area contributed by atoms with Gasteiger partial charge < -0.3 is 20.0 Å².